The molecule has 8 heteroatoms. The Morgan fingerprint density at radius 2 is 1.43 bits per heavy atom. The molecule has 0 bridgehead atoms. The van der Waals surface area contributed by atoms with E-state index in [2.05, 4.69) is 20.0 Å². The van der Waals surface area contributed by atoms with Crippen molar-refractivity contribution in [2.45, 2.75) is 12.8 Å². The first kappa shape index (κ1) is 18.5. The van der Waals surface area contributed by atoms with E-state index >= 15 is 0 Å². The molecule has 7 nitrogen and oxygen atoms in total. The minimum atomic E-state index is -0.327. The first-order valence-corrected chi connectivity index (χ1v) is 9.69. The minimum absolute atomic E-state index is 0.0457. The number of ether oxygens (including phenoxy) is 1. The third kappa shape index (κ3) is 4.32. The van der Waals surface area contributed by atoms with Crippen molar-refractivity contribution < 1.29 is 13.9 Å². The van der Waals surface area contributed by atoms with Crippen molar-refractivity contribution in [1.82, 2.24) is 15.1 Å². The van der Waals surface area contributed by atoms with Crippen LogP contribution in [0.1, 0.15) is 12.8 Å². The lowest BCUT2D eigenvalue weighted by Crippen LogP contribution is -2.50. The van der Waals surface area contributed by atoms with E-state index in [0.717, 1.165) is 24.7 Å². The van der Waals surface area contributed by atoms with Gasteiger partial charge in [0.25, 0.3) is 5.91 Å². The molecule has 0 spiro atoms. The molecule has 0 N–H and O–H groups in total. The van der Waals surface area contributed by atoms with Crippen LogP contribution in [0.4, 0.5) is 16.0 Å². The monoisotopic (exact) mass is 385 g/mol. The highest BCUT2D eigenvalue weighted by Gasteiger charge is 2.23. The van der Waals surface area contributed by atoms with Gasteiger partial charge in [-0.25, -0.2) is 4.39 Å². The van der Waals surface area contributed by atoms with Gasteiger partial charge in [0.05, 0.1) is 0 Å². The Bertz CT molecular complexity index is 785. The summed E-state index contributed by atoms with van der Waals surface area (Å²) in [5.41, 5.74) is 0. The fraction of sp³-hybridized carbons (Fsp3) is 0.450. The number of anilines is 2. The fourth-order valence-corrected chi connectivity index (χ4v) is 3.55. The summed E-state index contributed by atoms with van der Waals surface area (Å²) in [6.07, 6.45) is 2.43. The number of hydrogen-bond acceptors (Lipinski definition) is 6. The minimum Gasteiger partial charge on any atom is -0.484 e. The molecule has 0 saturated carbocycles. The third-order valence-electron chi connectivity index (χ3n) is 5.20. The van der Waals surface area contributed by atoms with Gasteiger partial charge >= 0.3 is 0 Å². The highest BCUT2D eigenvalue weighted by molar-refractivity contribution is 5.78. The molecule has 148 valence electrons. The molecule has 0 unspecified atom stereocenters. The number of carbonyl (C=O) groups excluding carboxylic acids is 1. The molecule has 0 atom stereocenters. The molecule has 2 aromatic rings. The van der Waals surface area contributed by atoms with Crippen molar-refractivity contribution in [2.75, 3.05) is 55.7 Å². The number of nitrogens with zero attached hydrogens (tertiary/aromatic N) is 5. The standard InChI is InChI=1S/C20H24FN5O2/c21-16-3-5-17(6-4-16)28-15-20(27)26-13-11-25(12-14-26)19-8-7-18(22-23-19)24-9-1-2-10-24/h3-8H,1-2,9-15H2. The number of carbonyl (C=O) groups is 1. The van der Waals surface area contributed by atoms with Crippen LogP contribution in [-0.4, -0.2) is 66.9 Å². The van der Waals surface area contributed by atoms with Crippen molar-refractivity contribution in [1.29, 1.82) is 0 Å². The molecule has 1 amide bonds. The second-order valence-corrected chi connectivity index (χ2v) is 7.05. The lowest BCUT2D eigenvalue weighted by Gasteiger charge is -2.35. The van der Waals surface area contributed by atoms with Crippen LogP contribution in [0, 0.1) is 5.82 Å². The lowest BCUT2D eigenvalue weighted by atomic mass is 10.3. The summed E-state index contributed by atoms with van der Waals surface area (Å²) in [6, 6.07) is 9.71. The van der Waals surface area contributed by atoms with Gasteiger partial charge in [0.15, 0.2) is 18.2 Å². The van der Waals surface area contributed by atoms with Gasteiger partial charge in [0.2, 0.25) is 0 Å². The van der Waals surface area contributed by atoms with E-state index in [0.29, 0.717) is 31.9 Å². The zero-order valence-corrected chi connectivity index (χ0v) is 15.8. The van der Waals surface area contributed by atoms with E-state index in [1.165, 1.54) is 37.1 Å². The van der Waals surface area contributed by atoms with Crippen LogP contribution in [0.15, 0.2) is 36.4 Å². The molecule has 0 radical (unpaired) electrons. The number of amides is 1. The summed E-state index contributed by atoms with van der Waals surface area (Å²) in [4.78, 5) is 18.5. The molecule has 0 aliphatic carbocycles. The van der Waals surface area contributed by atoms with Gasteiger partial charge in [-0.3, -0.25) is 4.79 Å². The maximum atomic E-state index is 12.9. The van der Waals surface area contributed by atoms with Gasteiger partial charge in [0.1, 0.15) is 11.6 Å². The highest BCUT2D eigenvalue weighted by atomic mass is 19.1. The predicted molar refractivity (Wildman–Crippen MR) is 104 cm³/mol. The maximum absolute atomic E-state index is 12.9. The molecule has 1 aromatic carbocycles. The fourth-order valence-electron chi connectivity index (χ4n) is 3.55. The molecule has 3 heterocycles. The van der Waals surface area contributed by atoms with Gasteiger partial charge in [-0.05, 0) is 49.2 Å². The third-order valence-corrected chi connectivity index (χ3v) is 5.20. The largest absolute Gasteiger partial charge is 0.484 e. The molecule has 4 rings (SSSR count). The molecule has 28 heavy (non-hydrogen) atoms. The van der Waals surface area contributed by atoms with Crippen LogP contribution in [0.3, 0.4) is 0 Å². The summed E-state index contributed by atoms with van der Waals surface area (Å²) in [5.74, 6) is 1.87. The molecule has 2 fully saturated rings. The van der Waals surface area contributed by atoms with Gasteiger partial charge in [-0.1, -0.05) is 0 Å². The van der Waals surface area contributed by atoms with Crippen LogP contribution >= 0.6 is 0 Å². The van der Waals surface area contributed by atoms with Crippen LogP contribution < -0.4 is 14.5 Å². The zero-order chi connectivity index (χ0) is 19.3. The Labute approximate surface area is 163 Å². The van der Waals surface area contributed by atoms with Crippen LogP contribution in [0.25, 0.3) is 0 Å². The molecular formula is C20H24FN5O2. The smallest absolute Gasteiger partial charge is 0.260 e. The van der Waals surface area contributed by atoms with Crippen LogP contribution in [0.2, 0.25) is 0 Å². The number of aromatic nitrogens is 2. The summed E-state index contributed by atoms with van der Waals surface area (Å²) < 4.78 is 18.4. The Balaban J connectivity index is 1.25. The first-order valence-electron chi connectivity index (χ1n) is 9.69. The van der Waals surface area contributed by atoms with Crippen molar-refractivity contribution in [3.63, 3.8) is 0 Å². The molecule has 1 aromatic heterocycles. The molecular weight excluding hydrogens is 361 g/mol. The molecule has 2 saturated heterocycles. The van der Waals surface area contributed by atoms with Gasteiger partial charge in [-0.2, -0.15) is 0 Å². The quantitative estimate of drug-likeness (QED) is 0.784. The molecule has 2 aliphatic heterocycles. The number of rotatable bonds is 5. The van der Waals surface area contributed by atoms with E-state index in [1.54, 1.807) is 4.90 Å². The van der Waals surface area contributed by atoms with E-state index in [-0.39, 0.29) is 18.3 Å². The SMILES string of the molecule is O=C(COc1ccc(F)cc1)N1CCN(c2ccc(N3CCCC3)nn2)CC1. The number of benzene rings is 1. The Kier molecular flexibility index (Phi) is 5.55. The van der Waals surface area contributed by atoms with Crippen molar-refractivity contribution >= 4 is 17.5 Å². The Morgan fingerprint density at radius 1 is 0.857 bits per heavy atom. The summed E-state index contributed by atoms with van der Waals surface area (Å²) in [7, 11) is 0. The summed E-state index contributed by atoms with van der Waals surface area (Å²) in [6.45, 7) is 4.70. The molecule has 2 aliphatic rings. The van der Waals surface area contributed by atoms with Gasteiger partial charge in [-0.15, -0.1) is 10.2 Å². The Morgan fingerprint density at radius 3 is 2.00 bits per heavy atom. The summed E-state index contributed by atoms with van der Waals surface area (Å²) in [5, 5.41) is 8.74. The second kappa shape index (κ2) is 8.41. The average Bonchev–Trinajstić information content (AvgIpc) is 3.28. The van der Waals surface area contributed by atoms with E-state index in [1.807, 2.05) is 12.1 Å². The number of piperazine rings is 1. The number of hydrogen-bond donors (Lipinski definition) is 0. The highest BCUT2D eigenvalue weighted by Crippen LogP contribution is 2.20. The van der Waals surface area contributed by atoms with E-state index < -0.39 is 0 Å². The second-order valence-electron chi connectivity index (χ2n) is 7.05. The van der Waals surface area contributed by atoms with Gasteiger partial charge < -0.3 is 19.4 Å². The first-order chi connectivity index (χ1) is 13.7. The average molecular weight is 385 g/mol. The van der Waals surface area contributed by atoms with E-state index in [4.69, 9.17) is 4.74 Å². The zero-order valence-electron chi connectivity index (χ0n) is 15.8. The van der Waals surface area contributed by atoms with Crippen molar-refractivity contribution in [3.8, 4) is 5.75 Å². The topological polar surface area (TPSA) is 61.8 Å². The van der Waals surface area contributed by atoms with Crippen molar-refractivity contribution in [3.05, 3.63) is 42.2 Å². The van der Waals surface area contributed by atoms with Crippen LogP contribution in [-0.2, 0) is 4.79 Å². The maximum Gasteiger partial charge on any atom is 0.260 e. The van der Waals surface area contributed by atoms with E-state index in [9.17, 15) is 9.18 Å². The van der Waals surface area contributed by atoms with Gasteiger partial charge in [0, 0.05) is 39.3 Å². The normalized spacial score (nSPS) is 17.1. The lowest BCUT2D eigenvalue weighted by molar-refractivity contribution is -0.133. The Hall–Kier alpha value is -2.90. The number of halogens is 1. The summed E-state index contributed by atoms with van der Waals surface area (Å²) >= 11 is 0. The predicted octanol–water partition coefficient (Wildman–Crippen LogP) is 1.94. The van der Waals surface area contributed by atoms with Crippen molar-refractivity contribution in [2.24, 2.45) is 0 Å². The van der Waals surface area contributed by atoms with Crippen LogP contribution in [0.5, 0.6) is 5.75 Å².